The van der Waals surface area contributed by atoms with Gasteiger partial charge in [-0.15, -0.1) is 0 Å². The smallest absolute Gasteiger partial charge is 0.242 e. The Balaban J connectivity index is 2.01. The molecule has 2 aromatic rings. The van der Waals surface area contributed by atoms with Crippen LogP contribution in [0.2, 0.25) is 5.02 Å². The van der Waals surface area contributed by atoms with E-state index < -0.39 is 6.04 Å². The summed E-state index contributed by atoms with van der Waals surface area (Å²) in [6.45, 7) is 6.14. The van der Waals surface area contributed by atoms with Crippen LogP contribution in [0.15, 0.2) is 54.6 Å². The Morgan fingerprint density at radius 2 is 1.77 bits per heavy atom. The largest absolute Gasteiger partial charge is 0.352 e. The van der Waals surface area contributed by atoms with Gasteiger partial charge in [0.25, 0.3) is 0 Å². The monoisotopic (exact) mass is 446 g/mol. The Bertz CT molecular complexity index is 816. The zero-order valence-electron chi connectivity index (χ0n) is 17.9. The number of hydrogen-bond donors (Lipinski definition) is 1. The van der Waals surface area contributed by atoms with Crippen LogP contribution in [-0.4, -0.2) is 34.6 Å². The summed E-state index contributed by atoms with van der Waals surface area (Å²) in [5.41, 5.74) is 2.16. The molecular weight excluding hydrogens is 416 g/mol. The summed E-state index contributed by atoms with van der Waals surface area (Å²) >= 11 is 7.84. The summed E-state index contributed by atoms with van der Waals surface area (Å²) in [6, 6.07) is 17.2. The SMILES string of the molecule is CC[C@@H](C)NC(=O)[C@@H](C)N(Cc1cccc(Cl)c1)C(=O)CCSCc1ccccc1. The molecule has 0 radical (unpaired) electrons. The van der Waals surface area contributed by atoms with Gasteiger partial charge in [-0.25, -0.2) is 0 Å². The van der Waals surface area contributed by atoms with E-state index in [9.17, 15) is 9.59 Å². The van der Waals surface area contributed by atoms with Gasteiger partial charge in [-0.05, 0) is 43.5 Å². The van der Waals surface area contributed by atoms with Crippen LogP contribution in [0.5, 0.6) is 0 Å². The third-order valence-corrected chi connectivity index (χ3v) is 6.25. The van der Waals surface area contributed by atoms with Gasteiger partial charge in [0.2, 0.25) is 11.8 Å². The van der Waals surface area contributed by atoms with Crippen LogP contribution in [0.3, 0.4) is 0 Å². The van der Waals surface area contributed by atoms with Crippen LogP contribution >= 0.6 is 23.4 Å². The highest BCUT2D eigenvalue weighted by molar-refractivity contribution is 7.98. The highest BCUT2D eigenvalue weighted by Gasteiger charge is 2.26. The molecule has 6 heteroatoms. The molecule has 162 valence electrons. The molecule has 30 heavy (non-hydrogen) atoms. The van der Waals surface area contributed by atoms with Crippen molar-refractivity contribution in [2.75, 3.05) is 5.75 Å². The van der Waals surface area contributed by atoms with Crippen molar-refractivity contribution in [3.63, 3.8) is 0 Å². The van der Waals surface area contributed by atoms with Gasteiger partial charge in [0, 0.05) is 35.5 Å². The number of carbonyl (C=O) groups is 2. The van der Waals surface area contributed by atoms with Gasteiger partial charge < -0.3 is 10.2 Å². The van der Waals surface area contributed by atoms with Gasteiger partial charge in [-0.2, -0.15) is 11.8 Å². The molecule has 2 rings (SSSR count). The molecule has 0 fully saturated rings. The van der Waals surface area contributed by atoms with Crippen molar-refractivity contribution in [3.05, 3.63) is 70.7 Å². The van der Waals surface area contributed by atoms with Crippen molar-refractivity contribution >= 4 is 35.2 Å². The third-order valence-electron chi connectivity index (χ3n) is 4.98. The number of nitrogens with one attached hydrogen (secondary N) is 1. The molecule has 0 saturated carbocycles. The second-order valence-electron chi connectivity index (χ2n) is 7.43. The van der Waals surface area contributed by atoms with Crippen molar-refractivity contribution in [2.45, 2.75) is 58.0 Å². The predicted molar refractivity (Wildman–Crippen MR) is 127 cm³/mol. The fourth-order valence-electron chi connectivity index (χ4n) is 2.95. The topological polar surface area (TPSA) is 49.4 Å². The van der Waals surface area contributed by atoms with Crippen LogP contribution in [0.4, 0.5) is 0 Å². The molecule has 0 spiro atoms. The number of halogens is 1. The third kappa shape index (κ3) is 8.04. The van der Waals surface area contributed by atoms with Crippen molar-refractivity contribution < 1.29 is 9.59 Å². The Morgan fingerprint density at radius 3 is 2.43 bits per heavy atom. The Morgan fingerprint density at radius 1 is 1.07 bits per heavy atom. The first kappa shape index (κ1) is 24.3. The Hall–Kier alpha value is -1.98. The lowest BCUT2D eigenvalue weighted by Gasteiger charge is -2.29. The van der Waals surface area contributed by atoms with E-state index in [-0.39, 0.29) is 17.9 Å². The van der Waals surface area contributed by atoms with Crippen LogP contribution < -0.4 is 5.32 Å². The maximum Gasteiger partial charge on any atom is 0.242 e. The van der Waals surface area contributed by atoms with Gasteiger partial charge in [0.1, 0.15) is 6.04 Å². The van der Waals surface area contributed by atoms with Gasteiger partial charge >= 0.3 is 0 Å². The van der Waals surface area contributed by atoms with Gasteiger partial charge in [0.15, 0.2) is 0 Å². The molecule has 2 aromatic carbocycles. The quantitative estimate of drug-likeness (QED) is 0.477. The standard InChI is InChI=1S/C24H31ClN2O2S/c1-4-18(2)26-24(29)19(3)27(16-21-11-8-12-22(25)15-21)23(28)13-14-30-17-20-9-6-5-7-10-20/h5-12,15,18-19H,4,13-14,16-17H2,1-3H3,(H,26,29)/t18-,19-/m1/s1. The Labute approximate surface area is 189 Å². The summed E-state index contributed by atoms with van der Waals surface area (Å²) in [5.74, 6) is 1.42. The van der Waals surface area contributed by atoms with E-state index in [1.807, 2.05) is 50.2 Å². The summed E-state index contributed by atoms with van der Waals surface area (Å²) in [7, 11) is 0. The molecule has 0 aliphatic carbocycles. The number of carbonyl (C=O) groups excluding carboxylic acids is 2. The van der Waals surface area contributed by atoms with Crippen LogP contribution in [0.1, 0.15) is 44.7 Å². The predicted octanol–water partition coefficient (Wildman–Crippen LogP) is 5.30. The van der Waals surface area contributed by atoms with Gasteiger partial charge in [-0.3, -0.25) is 9.59 Å². The summed E-state index contributed by atoms with van der Waals surface area (Å²) < 4.78 is 0. The zero-order chi connectivity index (χ0) is 21.9. The lowest BCUT2D eigenvalue weighted by molar-refractivity contribution is -0.140. The molecule has 0 unspecified atom stereocenters. The van der Waals surface area contributed by atoms with E-state index in [0.717, 1.165) is 17.7 Å². The number of amides is 2. The van der Waals surface area contributed by atoms with Crippen LogP contribution in [0, 0.1) is 0 Å². The van der Waals surface area contributed by atoms with Crippen molar-refractivity contribution in [1.29, 1.82) is 0 Å². The first-order valence-corrected chi connectivity index (χ1v) is 11.9. The molecule has 0 aromatic heterocycles. The molecule has 1 N–H and O–H groups in total. The zero-order valence-corrected chi connectivity index (χ0v) is 19.5. The van der Waals surface area contributed by atoms with E-state index in [2.05, 4.69) is 17.4 Å². The van der Waals surface area contributed by atoms with E-state index in [4.69, 9.17) is 11.6 Å². The fraction of sp³-hybridized carbons (Fsp3) is 0.417. The number of rotatable bonds is 11. The van der Waals surface area contributed by atoms with Crippen molar-refractivity contribution in [2.24, 2.45) is 0 Å². The second-order valence-corrected chi connectivity index (χ2v) is 8.98. The molecule has 0 bridgehead atoms. The average molecular weight is 447 g/mol. The molecule has 0 heterocycles. The number of hydrogen-bond acceptors (Lipinski definition) is 3. The van der Waals surface area contributed by atoms with Crippen LogP contribution in [-0.2, 0) is 21.9 Å². The summed E-state index contributed by atoms with van der Waals surface area (Å²) in [4.78, 5) is 27.4. The number of nitrogens with zero attached hydrogens (tertiary/aromatic N) is 1. The highest BCUT2D eigenvalue weighted by atomic mass is 35.5. The maximum absolute atomic E-state index is 13.0. The Kier molecular flexibility index (Phi) is 10.2. The normalized spacial score (nSPS) is 12.8. The average Bonchev–Trinajstić information content (AvgIpc) is 2.75. The highest BCUT2D eigenvalue weighted by Crippen LogP contribution is 2.18. The second kappa shape index (κ2) is 12.7. The van der Waals surface area contributed by atoms with Crippen molar-refractivity contribution in [3.8, 4) is 0 Å². The summed E-state index contributed by atoms with van der Waals surface area (Å²) in [5, 5.41) is 3.61. The van der Waals surface area contributed by atoms with E-state index in [0.29, 0.717) is 23.7 Å². The molecular formula is C24H31ClN2O2S. The molecule has 2 atom stereocenters. The first-order valence-electron chi connectivity index (χ1n) is 10.4. The first-order chi connectivity index (χ1) is 14.4. The van der Waals surface area contributed by atoms with Gasteiger partial charge in [-0.1, -0.05) is 61.0 Å². The minimum atomic E-state index is -0.551. The summed E-state index contributed by atoms with van der Waals surface area (Å²) in [6.07, 6.45) is 1.23. The van der Waals surface area contributed by atoms with Gasteiger partial charge in [0.05, 0.1) is 0 Å². The maximum atomic E-state index is 13.0. The minimum absolute atomic E-state index is 0.0256. The van der Waals surface area contributed by atoms with E-state index in [1.165, 1.54) is 5.56 Å². The molecule has 0 saturated heterocycles. The van der Waals surface area contributed by atoms with Crippen LogP contribution in [0.25, 0.3) is 0 Å². The number of benzene rings is 2. The van der Waals surface area contributed by atoms with E-state index >= 15 is 0 Å². The fourth-order valence-corrected chi connectivity index (χ4v) is 4.05. The molecule has 0 aliphatic rings. The molecule has 0 aliphatic heterocycles. The minimum Gasteiger partial charge on any atom is -0.352 e. The van der Waals surface area contributed by atoms with E-state index in [1.54, 1.807) is 29.7 Å². The molecule has 4 nitrogen and oxygen atoms in total. The number of thioether (sulfide) groups is 1. The van der Waals surface area contributed by atoms with Crippen molar-refractivity contribution in [1.82, 2.24) is 10.2 Å². The lowest BCUT2D eigenvalue weighted by atomic mass is 10.1. The molecule has 2 amide bonds. The lowest BCUT2D eigenvalue weighted by Crippen LogP contribution is -2.49.